The summed E-state index contributed by atoms with van der Waals surface area (Å²) in [5.74, 6) is 0. The summed E-state index contributed by atoms with van der Waals surface area (Å²) in [6, 6.07) is -0.904. The van der Waals surface area contributed by atoms with E-state index in [-0.39, 0.29) is 11.1 Å². The molecule has 2 amide bonds. The zero-order valence-electron chi connectivity index (χ0n) is 18.0. The minimum absolute atomic E-state index is 0.0590. The Morgan fingerprint density at radius 1 is 1.27 bits per heavy atom. The highest BCUT2D eigenvalue weighted by Crippen LogP contribution is 2.25. The van der Waals surface area contributed by atoms with Crippen molar-refractivity contribution < 1.29 is 19.4 Å². The van der Waals surface area contributed by atoms with E-state index in [1.54, 1.807) is 7.05 Å². The lowest BCUT2D eigenvalue weighted by Gasteiger charge is -2.37. The Bertz CT molecular complexity index is 509. The van der Waals surface area contributed by atoms with Gasteiger partial charge in [-0.2, -0.15) is 0 Å². The van der Waals surface area contributed by atoms with Gasteiger partial charge in [-0.15, -0.1) is 0 Å². The number of nitrogens with one attached hydrogen (secondary N) is 1. The fourth-order valence-corrected chi connectivity index (χ4v) is 2.98. The maximum atomic E-state index is 12.6. The first-order valence-electron chi connectivity index (χ1n) is 9.14. The third kappa shape index (κ3) is 8.74. The molecule has 0 spiro atoms. The highest BCUT2D eigenvalue weighted by Gasteiger charge is 2.34. The van der Waals surface area contributed by atoms with E-state index >= 15 is 0 Å². The Morgan fingerprint density at radius 3 is 2.12 bits per heavy atom. The van der Waals surface area contributed by atoms with Crippen LogP contribution in [0, 0.1) is 5.41 Å². The van der Waals surface area contributed by atoms with Gasteiger partial charge in [-0.05, 0) is 32.1 Å². The summed E-state index contributed by atoms with van der Waals surface area (Å²) in [6.45, 7) is 20.4. The molecule has 0 aromatic rings. The first-order valence-corrected chi connectivity index (χ1v) is 12.7. The van der Waals surface area contributed by atoms with Gasteiger partial charge in [0.05, 0.1) is 25.9 Å². The fourth-order valence-electron chi connectivity index (χ4n) is 2.52. The molecule has 26 heavy (non-hydrogen) atoms. The van der Waals surface area contributed by atoms with Crippen LogP contribution in [0.15, 0.2) is 12.2 Å². The van der Waals surface area contributed by atoms with Crippen molar-refractivity contribution in [3.63, 3.8) is 0 Å². The van der Waals surface area contributed by atoms with Gasteiger partial charge in [-0.25, -0.2) is 9.59 Å². The molecule has 0 heterocycles. The number of amides is 2. The normalized spacial score (nSPS) is 15.6. The standard InChI is InChI=1S/C19H38N2O4Si/c1-13(2)16(15(20-17(22)23)11-12-19(4,5)6)21(7)18(24)25-14(3)26(8,9)10/h14-16,20H,1,11-12H2,2-10H3,(H,22,23). The third-order valence-corrected chi connectivity index (χ3v) is 7.16. The second kappa shape index (κ2) is 9.44. The Labute approximate surface area is 160 Å². The minimum Gasteiger partial charge on any atom is -0.465 e. The van der Waals surface area contributed by atoms with Gasteiger partial charge in [0.2, 0.25) is 0 Å². The molecule has 2 N–H and O–H groups in total. The van der Waals surface area contributed by atoms with Crippen molar-refractivity contribution in [2.24, 2.45) is 5.41 Å². The summed E-state index contributed by atoms with van der Waals surface area (Å²) in [4.78, 5) is 25.4. The highest BCUT2D eigenvalue weighted by molar-refractivity contribution is 6.77. The molecule has 0 aromatic heterocycles. The van der Waals surface area contributed by atoms with Crippen molar-refractivity contribution in [1.82, 2.24) is 10.2 Å². The van der Waals surface area contributed by atoms with Crippen LogP contribution in [0.1, 0.15) is 47.5 Å². The van der Waals surface area contributed by atoms with Crippen LogP contribution in [0.2, 0.25) is 19.6 Å². The second-order valence-corrected chi connectivity index (χ2v) is 15.0. The van der Waals surface area contributed by atoms with Crippen LogP contribution < -0.4 is 5.32 Å². The molecule has 0 aliphatic heterocycles. The molecular weight excluding hydrogens is 348 g/mol. The molecule has 0 saturated heterocycles. The van der Waals surface area contributed by atoms with E-state index in [0.29, 0.717) is 6.42 Å². The summed E-state index contributed by atoms with van der Waals surface area (Å²) in [6.07, 6.45) is -0.127. The van der Waals surface area contributed by atoms with Crippen molar-refractivity contribution in [2.45, 2.75) is 84.9 Å². The van der Waals surface area contributed by atoms with Crippen LogP contribution in [0.3, 0.4) is 0 Å². The molecule has 7 heteroatoms. The van der Waals surface area contributed by atoms with E-state index in [0.717, 1.165) is 12.0 Å². The minimum atomic E-state index is -1.63. The molecule has 0 rings (SSSR count). The molecule has 3 unspecified atom stereocenters. The van der Waals surface area contributed by atoms with Crippen molar-refractivity contribution >= 4 is 20.3 Å². The molecule has 0 bridgehead atoms. The van der Waals surface area contributed by atoms with E-state index in [2.05, 4.69) is 52.3 Å². The second-order valence-electron chi connectivity index (χ2n) is 9.45. The lowest BCUT2D eigenvalue weighted by molar-refractivity contribution is 0.0835. The van der Waals surface area contributed by atoms with E-state index in [9.17, 15) is 14.7 Å². The topological polar surface area (TPSA) is 78.9 Å². The fraction of sp³-hybridized carbons (Fsp3) is 0.789. The third-order valence-electron chi connectivity index (χ3n) is 4.60. The molecule has 3 atom stereocenters. The number of likely N-dealkylation sites (N-methyl/N-ethyl adjacent to an activating group) is 1. The molecule has 0 fully saturated rings. The van der Waals surface area contributed by atoms with Gasteiger partial charge >= 0.3 is 12.2 Å². The van der Waals surface area contributed by atoms with Crippen molar-refractivity contribution in [3.05, 3.63) is 12.2 Å². The molecule has 0 saturated carbocycles. The number of carbonyl (C=O) groups excluding carboxylic acids is 1. The maximum Gasteiger partial charge on any atom is 0.410 e. The van der Waals surface area contributed by atoms with Crippen LogP contribution >= 0.6 is 0 Å². The number of hydrogen-bond acceptors (Lipinski definition) is 3. The summed E-state index contributed by atoms with van der Waals surface area (Å²) in [5.41, 5.74) is 0.644. The predicted molar refractivity (Wildman–Crippen MR) is 109 cm³/mol. The molecular formula is C19H38N2O4Si. The SMILES string of the molecule is C=C(C)C(C(CCC(C)(C)C)NC(=O)O)N(C)C(=O)OC(C)[Si](C)(C)C. The Hall–Kier alpha value is -1.50. The molecule has 0 radical (unpaired) electrons. The zero-order chi connectivity index (χ0) is 20.9. The van der Waals surface area contributed by atoms with E-state index < -0.39 is 32.3 Å². The van der Waals surface area contributed by atoms with Crippen LogP contribution in [0.5, 0.6) is 0 Å². The summed E-state index contributed by atoms with van der Waals surface area (Å²) < 4.78 is 5.64. The summed E-state index contributed by atoms with van der Waals surface area (Å²) in [7, 11) is 0.0185. The number of nitrogens with zero attached hydrogens (tertiary/aromatic N) is 1. The summed E-state index contributed by atoms with van der Waals surface area (Å²) in [5, 5.41) is 11.8. The number of ether oxygens (including phenoxy) is 1. The van der Waals surface area contributed by atoms with E-state index in [4.69, 9.17) is 4.74 Å². The Balaban J connectivity index is 5.42. The number of carboxylic acid groups (broad SMARTS) is 1. The maximum absolute atomic E-state index is 12.6. The zero-order valence-corrected chi connectivity index (χ0v) is 19.0. The van der Waals surface area contributed by atoms with Crippen LogP contribution in [0.25, 0.3) is 0 Å². The summed E-state index contributed by atoms with van der Waals surface area (Å²) >= 11 is 0. The van der Waals surface area contributed by atoms with Crippen molar-refractivity contribution in [3.8, 4) is 0 Å². The highest BCUT2D eigenvalue weighted by atomic mass is 28.3. The number of hydrogen-bond donors (Lipinski definition) is 2. The number of rotatable bonds is 8. The van der Waals surface area contributed by atoms with Gasteiger partial charge in [0.15, 0.2) is 0 Å². The molecule has 152 valence electrons. The Kier molecular flexibility index (Phi) is 8.89. The monoisotopic (exact) mass is 386 g/mol. The van der Waals surface area contributed by atoms with Gasteiger partial charge in [0.25, 0.3) is 0 Å². The smallest absolute Gasteiger partial charge is 0.410 e. The lowest BCUT2D eigenvalue weighted by Crippen LogP contribution is -2.54. The van der Waals surface area contributed by atoms with Crippen LogP contribution in [0.4, 0.5) is 9.59 Å². The lowest BCUT2D eigenvalue weighted by atomic mass is 9.86. The van der Waals surface area contributed by atoms with Gasteiger partial charge in [0.1, 0.15) is 0 Å². The van der Waals surface area contributed by atoms with Crippen LogP contribution in [-0.4, -0.2) is 55.1 Å². The largest absolute Gasteiger partial charge is 0.465 e. The molecule has 0 aliphatic rings. The van der Waals surface area contributed by atoms with Gasteiger partial charge < -0.3 is 20.1 Å². The van der Waals surface area contributed by atoms with Gasteiger partial charge in [-0.1, -0.05) is 52.6 Å². The Morgan fingerprint density at radius 2 is 1.77 bits per heavy atom. The van der Waals surface area contributed by atoms with Crippen LogP contribution in [-0.2, 0) is 4.74 Å². The average Bonchev–Trinajstić information content (AvgIpc) is 2.41. The van der Waals surface area contributed by atoms with E-state index in [1.807, 2.05) is 13.8 Å². The van der Waals surface area contributed by atoms with Crippen molar-refractivity contribution in [2.75, 3.05) is 7.05 Å². The van der Waals surface area contributed by atoms with E-state index in [1.165, 1.54) is 4.90 Å². The molecule has 6 nitrogen and oxygen atoms in total. The van der Waals surface area contributed by atoms with Gasteiger partial charge in [-0.3, -0.25) is 0 Å². The molecule has 0 aromatic carbocycles. The first-order chi connectivity index (χ1) is 11.6. The number of carbonyl (C=O) groups is 2. The quantitative estimate of drug-likeness (QED) is 0.467. The average molecular weight is 387 g/mol. The first kappa shape index (κ1) is 24.5. The predicted octanol–water partition coefficient (Wildman–Crippen LogP) is 4.73. The van der Waals surface area contributed by atoms with Gasteiger partial charge in [0, 0.05) is 7.05 Å². The van der Waals surface area contributed by atoms with Crippen molar-refractivity contribution in [1.29, 1.82) is 0 Å². The molecule has 0 aliphatic carbocycles.